The van der Waals surface area contributed by atoms with Crippen molar-refractivity contribution in [2.45, 2.75) is 17.7 Å². The van der Waals surface area contributed by atoms with Gasteiger partial charge < -0.3 is 4.90 Å². The van der Waals surface area contributed by atoms with Gasteiger partial charge in [0.25, 0.3) is 0 Å². The minimum Gasteiger partial charge on any atom is -0.336 e. The molecule has 0 spiro atoms. The van der Waals surface area contributed by atoms with Crippen LogP contribution in [0.25, 0.3) is 0 Å². The maximum Gasteiger partial charge on any atom is 0.250 e. The second kappa shape index (κ2) is 7.87. The summed E-state index contributed by atoms with van der Waals surface area (Å²) in [4.78, 5) is 17.4. The van der Waals surface area contributed by atoms with Crippen LogP contribution in [0.5, 0.6) is 0 Å². The predicted molar refractivity (Wildman–Crippen MR) is 89.8 cm³/mol. The lowest BCUT2D eigenvalue weighted by atomic mass is 10.3. The highest BCUT2D eigenvalue weighted by Gasteiger charge is 2.17. The summed E-state index contributed by atoms with van der Waals surface area (Å²) < 4.78 is 27.2. The van der Waals surface area contributed by atoms with Gasteiger partial charge in [-0.25, -0.2) is 13.1 Å². The Hall–Kier alpha value is -1.48. The Labute approximate surface area is 144 Å². The van der Waals surface area contributed by atoms with Gasteiger partial charge in [-0.15, -0.1) is 11.3 Å². The van der Waals surface area contributed by atoms with Gasteiger partial charge in [-0.05, 0) is 24.3 Å². The fourth-order valence-electron chi connectivity index (χ4n) is 1.86. The van der Waals surface area contributed by atoms with Gasteiger partial charge in [0, 0.05) is 26.2 Å². The van der Waals surface area contributed by atoms with E-state index in [0.29, 0.717) is 10.9 Å². The molecule has 0 saturated carbocycles. The van der Waals surface area contributed by atoms with Crippen molar-refractivity contribution in [2.75, 3.05) is 13.1 Å². The average molecular weight is 374 g/mol. The van der Waals surface area contributed by atoms with Crippen molar-refractivity contribution in [1.82, 2.24) is 14.6 Å². The summed E-state index contributed by atoms with van der Waals surface area (Å²) in [5.74, 6) is -0.144. The Balaban J connectivity index is 1.93. The van der Waals surface area contributed by atoms with Gasteiger partial charge in [0.05, 0.1) is 16.6 Å². The molecule has 0 aliphatic carbocycles. The SMILES string of the molecule is CC(=O)N(CCNS(=O)(=O)c1ccc(Cl)s1)Cc1ccccn1. The Morgan fingerprint density at radius 3 is 2.70 bits per heavy atom. The first-order chi connectivity index (χ1) is 10.9. The summed E-state index contributed by atoms with van der Waals surface area (Å²) >= 11 is 6.74. The van der Waals surface area contributed by atoms with Crippen LogP contribution < -0.4 is 4.72 Å². The molecule has 0 saturated heterocycles. The van der Waals surface area contributed by atoms with Gasteiger partial charge >= 0.3 is 0 Å². The summed E-state index contributed by atoms with van der Waals surface area (Å²) in [6.45, 7) is 2.15. The lowest BCUT2D eigenvalue weighted by Gasteiger charge is -2.20. The van der Waals surface area contributed by atoms with Crippen molar-refractivity contribution >= 4 is 38.9 Å². The zero-order valence-corrected chi connectivity index (χ0v) is 14.8. The van der Waals surface area contributed by atoms with Gasteiger partial charge in [-0.3, -0.25) is 9.78 Å². The van der Waals surface area contributed by atoms with E-state index in [1.165, 1.54) is 24.0 Å². The number of thiophene rings is 1. The minimum absolute atomic E-state index is 0.115. The van der Waals surface area contributed by atoms with Crippen LogP contribution in [-0.4, -0.2) is 37.3 Å². The van der Waals surface area contributed by atoms with Crippen molar-refractivity contribution in [2.24, 2.45) is 0 Å². The molecule has 0 fully saturated rings. The Bertz CT molecular complexity index is 763. The second-order valence-corrected chi connectivity index (χ2v) is 8.43. The van der Waals surface area contributed by atoms with Crippen molar-refractivity contribution in [3.8, 4) is 0 Å². The first-order valence-electron chi connectivity index (χ1n) is 6.79. The quantitative estimate of drug-likeness (QED) is 0.806. The molecule has 2 rings (SSSR count). The molecule has 1 N–H and O–H groups in total. The van der Waals surface area contributed by atoms with Crippen molar-refractivity contribution in [3.63, 3.8) is 0 Å². The topological polar surface area (TPSA) is 79.4 Å². The summed E-state index contributed by atoms with van der Waals surface area (Å²) in [7, 11) is -3.60. The molecule has 6 nitrogen and oxygen atoms in total. The zero-order chi connectivity index (χ0) is 16.9. The Kier molecular flexibility index (Phi) is 6.11. The highest BCUT2D eigenvalue weighted by Crippen LogP contribution is 2.25. The largest absolute Gasteiger partial charge is 0.336 e. The average Bonchev–Trinajstić information content (AvgIpc) is 2.94. The third-order valence-electron chi connectivity index (χ3n) is 3.01. The summed E-state index contributed by atoms with van der Waals surface area (Å²) in [6, 6.07) is 8.43. The minimum atomic E-state index is -3.60. The number of rotatable bonds is 7. The molecule has 0 aliphatic heterocycles. The lowest BCUT2D eigenvalue weighted by molar-refractivity contribution is -0.129. The molecule has 23 heavy (non-hydrogen) atoms. The van der Waals surface area contributed by atoms with E-state index >= 15 is 0 Å². The van der Waals surface area contributed by atoms with Gasteiger partial charge in [-0.1, -0.05) is 17.7 Å². The van der Waals surface area contributed by atoms with Gasteiger partial charge in [0.15, 0.2) is 0 Å². The van der Waals surface area contributed by atoms with Crippen molar-refractivity contribution in [3.05, 3.63) is 46.6 Å². The van der Waals surface area contributed by atoms with Gasteiger partial charge in [0.1, 0.15) is 4.21 Å². The van der Waals surface area contributed by atoms with Crippen LogP contribution in [0, 0.1) is 0 Å². The molecule has 124 valence electrons. The van der Waals surface area contributed by atoms with E-state index in [0.717, 1.165) is 17.0 Å². The zero-order valence-electron chi connectivity index (χ0n) is 12.4. The van der Waals surface area contributed by atoms with Gasteiger partial charge in [-0.2, -0.15) is 0 Å². The Morgan fingerprint density at radius 2 is 2.13 bits per heavy atom. The molecule has 0 aromatic carbocycles. The molecule has 0 unspecified atom stereocenters. The van der Waals surface area contributed by atoms with Gasteiger partial charge in [0.2, 0.25) is 15.9 Å². The number of hydrogen-bond donors (Lipinski definition) is 1. The molecule has 2 aromatic heterocycles. The number of aromatic nitrogens is 1. The smallest absolute Gasteiger partial charge is 0.250 e. The number of halogens is 1. The molecular formula is C14H16ClN3O3S2. The summed E-state index contributed by atoms with van der Waals surface area (Å²) in [5, 5.41) is 0. The van der Waals surface area contributed by atoms with Crippen molar-refractivity contribution in [1.29, 1.82) is 0 Å². The molecule has 0 bridgehead atoms. The third-order valence-corrected chi connectivity index (χ3v) is 6.20. The fourth-order valence-corrected chi connectivity index (χ4v) is 4.41. The van der Waals surface area contributed by atoms with E-state index in [1.54, 1.807) is 12.3 Å². The van der Waals surface area contributed by atoms with E-state index in [2.05, 4.69) is 9.71 Å². The number of hydrogen-bond acceptors (Lipinski definition) is 5. The normalized spacial score (nSPS) is 11.4. The van der Waals surface area contributed by atoms with Crippen LogP contribution in [0.2, 0.25) is 4.34 Å². The monoisotopic (exact) mass is 373 g/mol. The molecule has 9 heteroatoms. The van der Waals surface area contributed by atoms with E-state index in [1.807, 2.05) is 12.1 Å². The number of nitrogens with zero attached hydrogens (tertiary/aromatic N) is 2. The summed E-state index contributed by atoms with van der Waals surface area (Å²) in [5.41, 5.74) is 0.746. The molecule has 2 heterocycles. The third kappa shape index (κ3) is 5.28. The number of sulfonamides is 1. The molecule has 0 atom stereocenters. The molecule has 0 aliphatic rings. The van der Waals surface area contributed by atoms with E-state index in [-0.39, 0.29) is 23.2 Å². The Morgan fingerprint density at radius 1 is 1.35 bits per heavy atom. The molecule has 0 radical (unpaired) electrons. The van der Waals surface area contributed by atoms with Crippen LogP contribution in [-0.2, 0) is 21.4 Å². The number of amides is 1. The highest BCUT2D eigenvalue weighted by atomic mass is 35.5. The molecule has 1 amide bonds. The van der Waals surface area contributed by atoms with Crippen LogP contribution in [0.3, 0.4) is 0 Å². The standard InChI is InChI=1S/C14H16ClN3O3S2/c1-11(19)18(10-12-4-2-3-7-16-12)9-8-17-23(20,21)14-6-5-13(15)22-14/h2-7,17H,8-10H2,1H3. The van der Waals surface area contributed by atoms with E-state index < -0.39 is 10.0 Å². The predicted octanol–water partition coefficient (Wildman–Crippen LogP) is 2.12. The highest BCUT2D eigenvalue weighted by molar-refractivity contribution is 7.91. The molecular weight excluding hydrogens is 358 g/mol. The maximum absolute atomic E-state index is 12.1. The van der Waals surface area contributed by atoms with Crippen LogP contribution in [0.1, 0.15) is 12.6 Å². The second-order valence-electron chi connectivity index (χ2n) is 4.72. The molecule has 2 aromatic rings. The fraction of sp³-hybridized carbons (Fsp3) is 0.286. The van der Waals surface area contributed by atoms with E-state index in [4.69, 9.17) is 11.6 Å². The number of carbonyl (C=O) groups excluding carboxylic acids is 1. The number of pyridine rings is 1. The van der Waals surface area contributed by atoms with Crippen LogP contribution in [0.15, 0.2) is 40.7 Å². The number of carbonyl (C=O) groups is 1. The van der Waals surface area contributed by atoms with Crippen LogP contribution in [0.4, 0.5) is 0 Å². The number of nitrogens with one attached hydrogen (secondary N) is 1. The first-order valence-corrected chi connectivity index (χ1v) is 9.46. The van der Waals surface area contributed by atoms with Crippen molar-refractivity contribution < 1.29 is 13.2 Å². The lowest BCUT2D eigenvalue weighted by Crippen LogP contribution is -2.37. The first kappa shape index (κ1) is 17.9. The summed E-state index contributed by atoms with van der Waals surface area (Å²) in [6.07, 6.45) is 1.65. The van der Waals surface area contributed by atoms with Crippen LogP contribution >= 0.6 is 22.9 Å². The van der Waals surface area contributed by atoms with E-state index in [9.17, 15) is 13.2 Å². The maximum atomic E-state index is 12.1.